The lowest BCUT2D eigenvalue weighted by atomic mass is 10.1. The second kappa shape index (κ2) is 7.32. The molecule has 2 aromatic rings. The van der Waals surface area contributed by atoms with Crippen molar-refractivity contribution in [3.63, 3.8) is 0 Å². The van der Waals surface area contributed by atoms with Gasteiger partial charge in [-0.3, -0.25) is 0 Å². The van der Waals surface area contributed by atoms with Gasteiger partial charge in [0, 0.05) is 37.0 Å². The molecule has 0 amide bonds. The number of anilines is 2. The average molecular weight is 316 g/mol. The Hall–Kier alpha value is -2.00. The van der Waals surface area contributed by atoms with Crippen LogP contribution in [0.1, 0.15) is 12.5 Å². The highest BCUT2D eigenvalue weighted by molar-refractivity contribution is 6.31. The van der Waals surface area contributed by atoms with Crippen LogP contribution in [0.25, 0.3) is 0 Å². The fourth-order valence-electron chi connectivity index (χ4n) is 2.17. The van der Waals surface area contributed by atoms with Crippen molar-refractivity contribution in [3.05, 3.63) is 53.1 Å². The van der Waals surface area contributed by atoms with E-state index in [-0.39, 0.29) is 0 Å². The molecule has 0 atom stereocenters. The maximum absolute atomic E-state index is 6.29. The minimum absolute atomic E-state index is 0.690. The third kappa shape index (κ3) is 3.80. The first-order valence-corrected chi connectivity index (χ1v) is 7.74. The van der Waals surface area contributed by atoms with Crippen LogP contribution in [-0.4, -0.2) is 31.9 Å². The van der Waals surface area contributed by atoms with Crippen LogP contribution in [0, 0.1) is 6.92 Å². The van der Waals surface area contributed by atoms with Gasteiger partial charge < -0.3 is 9.80 Å². The van der Waals surface area contributed by atoms with E-state index in [1.165, 1.54) is 0 Å². The van der Waals surface area contributed by atoms with Crippen molar-refractivity contribution >= 4 is 35.0 Å². The Morgan fingerprint density at radius 2 is 1.82 bits per heavy atom. The molecular formula is C18H22ClN3. The van der Waals surface area contributed by atoms with Crippen LogP contribution in [0.2, 0.25) is 5.02 Å². The van der Waals surface area contributed by atoms with E-state index in [0.717, 1.165) is 29.2 Å². The molecule has 2 aromatic carbocycles. The number of halogens is 1. The molecule has 0 aliphatic carbocycles. The molecule has 0 radical (unpaired) electrons. The normalized spacial score (nSPS) is 11.0. The van der Waals surface area contributed by atoms with E-state index < -0.39 is 0 Å². The molecule has 0 heterocycles. The van der Waals surface area contributed by atoms with Gasteiger partial charge in [0.15, 0.2) is 0 Å². The summed E-state index contributed by atoms with van der Waals surface area (Å²) in [5, 5.41) is 0.690. The zero-order chi connectivity index (χ0) is 16.1. The molecule has 0 bridgehead atoms. The van der Waals surface area contributed by atoms with E-state index in [1.54, 1.807) is 0 Å². The summed E-state index contributed by atoms with van der Waals surface area (Å²) in [6, 6.07) is 14.1. The number of nitrogens with zero attached hydrogens (tertiary/aromatic N) is 3. The topological polar surface area (TPSA) is 18.8 Å². The largest absolute Gasteiger partial charge is 0.366 e. The third-order valence-electron chi connectivity index (χ3n) is 3.72. The molecule has 3 nitrogen and oxygen atoms in total. The molecule has 0 spiro atoms. The summed E-state index contributed by atoms with van der Waals surface area (Å²) in [6.45, 7) is 5.08. The second-order valence-corrected chi connectivity index (χ2v) is 5.72. The van der Waals surface area contributed by atoms with Crippen LogP contribution >= 0.6 is 11.6 Å². The van der Waals surface area contributed by atoms with Crippen LogP contribution < -0.4 is 4.90 Å². The molecule has 4 heteroatoms. The van der Waals surface area contributed by atoms with Gasteiger partial charge >= 0.3 is 0 Å². The summed E-state index contributed by atoms with van der Waals surface area (Å²) >= 11 is 6.29. The predicted molar refractivity (Wildman–Crippen MR) is 97.2 cm³/mol. The predicted octanol–water partition coefficient (Wildman–Crippen LogP) is 5.03. The quantitative estimate of drug-likeness (QED) is 0.569. The summed E-state index contributed by atoms with van der Waals surface area (Å²) in [6.07, 6.45) is 1.84. The molecule has 0 unspecified atom stereocenters. The van der Waals surface area contributed by atoms with E-state index in [0.29, 0.717) is 5.02 Å². The van der Waals surface area contributed by atoms with Crippen molar-refractivity contribution in [2.24, 2.45) is 4.99 Å². The van der Waals surface area contributed by atoms with E-state index in [9.17, 15) is 0 Å². The number of para-hydroxylation sites is 1. The molecule has 0 fully saturated rings. The van der Waals surface area contributed by atoms with Crippen LogP contribution in [0.4, 0.5) is 17.1 Å². The Morgan fingerprint density at radius 3 is 2.45 bits per heavy atom. The first-order valence-electron chi connectivity index (χ1n) is 7.36. The monoisotopic (exact) mass is 315 g/mol. The number of rotatable bonds is 5. The van der Waals surface area contributed by atoms with Crippen molar-refractivity contribution in [3.8, 4) is 0 Å². The molecule has 0 aromatic heterocycles. The number of hydrogen-bond acceptors (Lipinski definition) is 2. The molecule has 0 saturated heterocycles. The van der Waals surface area contributed by atoms with Crippen molar-refractivity contribution in [2.45, 2.75) is 13.8 Å². The summed E-state index contributed by atoms with van der Waals surface area (Å²) in [7, 11) is 4.04. The Labute approximate surface area is 137 Å². The first kappa shape index (κ1) is 16.4. The Kier molecular flexibility index (Phi) is 5.45. The lowest BCUT2D eigenvalue weighted by Crippen LogP contribution is -2.14. The van der Waals surface area contributed by atoms with Crippen LogP contribution in [0.3, 0.4) is 0 Å². The highest BCUT2D eigenvalue weighted by Crippen LogP contribution is 2.35. The third-order valence-corrected chi connectivity index (χ3v) is 3.93. The minimum atomic E-state index is 0.690. The highest BCUT2D eigenvalue weighted by atomic mass is 35.5. The fourth-order valence-corrected chi connectivity index (χ4v) is 2.37. The number of aliphatic imine (C=N–C) groups is 1. The van der Waals surface area contributed by atoms with Gasteiger partial charge in [0.05, 0.1) is 12.0 Å². The van der Waals surface area contributed by atoms with Crippen LogP contribution in [0.15, 0.2) is 47.5 Å². The van der Waals surface area contributed by atoms with E-state index in [2.05, 4.69) is 35.9 Å². The van der Waals surface area contributed by atoms with Crippen molar-refractivity contribution < 1.29 is 0 Å². The van der Waals surface area contributed by atoms with Gasteiger partial charge in [0.25, 0.3) is 0 Å². The molecule has 0 N–H and O–H groups in total. The highest BCUT2D eigenvalue weighted by Gasteiger charge is 2.11. The summed E-state index contributed by atoms with van der Waals surface area (Å²) < 4.78 is 0. The Balaban J connectivity index is 2.40. The van der Waals surface area contributed by atoms with Gasteiger partial charge in [-0.2, -0.15) is 0 Å². The van der Waals surface area contributed by atoms with E-state index in [1.807, 2.05) is 55.7 Å². The second-order valence-electron chi connectivity index (χ2n) is 5.28. The number of hydrogen-bond donors (Lipinski definition) is 0. The van der Waals surface area contributed by atoms with E-state index in [4.69, 9.17) is 11.6 Å². The van der Waals surface area contributed by atoms with Gasteiger partial charge in [-0.25, -0.2) is 4.99 Å². The SMILES string of the molecule is CCN(C)/C=N\c1cc(Cl)cc(N(C)c2ccccc2)c1C. The zero-order valence-corrected chi connectivity index (χ0v) is 14.3. The Bertz CT molecular complexity index is 653. The molecule has 0 aliphatic heterocycles. The smallest absolute Gasteiger partial charge is 0.0909 e. The van der Waals surface area contributed by atoms with E-state index >= 15 is 0 Å². The molecule has 22 heavy (non-hydrogen) atoms. The molecule has 2 rings (SSSR count). The average Bonchev–Trinajstić information content (AvgIpc) is 2.55. The molecular weight excluding hydrogens is 294 g/mol. The first-order chi connectivity index (χ1) is 10.5. The van der Waals surface area contributed by atoms with Gasteiger partial charge in [-0.1, -0.05) is 29.8 Å². The van der Waals surface area contributed by atoms with Gasteiger partial charge in [-0.15, -0.1) is 0 Å². The lowest BCUT2D eigenvalue weighted by molar-refractivity contribution is 0.552. The maximum Gasteiger partial charge on any atom is 0.0909 e. The summed E-state index contributed by atoms with van der Waals surface area (Å²) in [4.78, 5) is 8.72. The minimum Gasteiger partial charge on any atom is -0.366 e. The van der Waals surface area contributed by atoms with Crippen LogP contribution in [0.5, 0.6) is 0 Å². The molecule has 116 valence electrons. The summed E-state index contributed by atoms with van der Waals surface area (Å²) in [5.41, 5.74) is 4.18. The molecule has 0 saturated carbocycles. The maximum atomic E-state index is 6.29. The molecule has 0 aliphatic rings. The van der Waals surface area contributed by atoms with Gasteiger partial charge in [0.2, 0.25) is 0 Å². The van der Waals surface area contributed by atoms with Crippen molar-refractivity contribution in [1.29, 1.82) is 0 Å². The standard InChI is InChI=1S/C18H22ClN3/c1-5-21(3)13-20-17-11-15(19)12-18(14(17)2)22(4)16-9-7-6-8-10-16/h6-13H,5H2,1-4H3/b20-13-. The van der Waals surface area contributed by atoms with Gasteiger partial charge in [-0.05, 0) is 43.7 Å². The van der Waals surface area contributed by atoms with Crippen LogP contribution in [-0.2, 0) is 0 Å². The summed E-state index contributed by atoms with van der Waals surface area (Å²) in [5.74, 6) is 0. The lowest BCUT2D eigenvalue weighted by Gasteiger charge is -2.23. The Morgan fingerprint density at radius 1 is 1.14 bits per heavy atom. The van der Waals surface area contributed by atoms with Gasteiger partial charge in [0.1, 0.15) is 0 Å². The van der Waals surface area contributed by atoms with Crippen molar-refractivity contribution in [2.75, 3.05) is 25.5 Å². The number of benzene rings is 2. The zero-order valence-electron chi connectivity index (χ0n) is 13.5. The van der Waals surface area contributed by atoms with Crippen molar-refractivity contribution in [1.82, 2.24) is 4.90 Å². The fraction of sp³-hybridized carbons (Fsp3) is 0.278.